The molecule has 0 radical (unpaired) electrons. The van der Waals surface area contributed by atoms with E-state index in [-0.39, 0.29) is 24.0 Å². The van der Waals surface area contributed by atoms with E-state index < -0.39 is 11.5 Å². The Morgan fingerprint density at radius 2 is 1.21 bits per heavy atom. The topological polar surface area (TPSA) is 69.6 Å². The molecule has 1 atom stereocenters. The van der Waals surface area contributed by atoms with Crippen LogP contribution in [-0.4, -0.2) is 35.4 Å². The van der Waals surface area contributed by atoms with Crippen molar-refractivity contribution in [3.8, 4) is 5.75 Å². The highest BCUT2D eigenvalue weighted by atomic mass is 16.3. The first kappa shape index (κ1) is 26.7. The first-order valence-corrected chi connectivity index (χ1v) is 12.9. The summed E-state index contributed by atoms with van der Waals surface area (Å²) in [5.74, 6) is -0.548. The number of hydrogen-bond donors (Lipinski definition) is 2. The number of nitrogens with one attached hydrogen (secondary N) is 1. The van der Waals surface area contributed by atoms with E-state index >= 15 is 0 Å². The molecule has 0 fully saturated rings. The minimum Gasteiger partial charge on any atom is -0.508 e. The van der Waals surface area contributed by atoms with Gasteiger partial charge in [-0.15, -0.1) is 0 Å². The van der Waals surface area contributed by atoms with E-state index in [4.69, 9.17) is 0 Å². The van der Waals surface area contributed by atoms with Gasteiger partial charge in [0.25, 0.3) is 0 Å². The fraction of sp³-hybridized carbons (Fsp3) is 0.212. The molecule has 0 saturated heterocycles. The van der Waals surface area contributed by atoms with E-state index in [1.807, 2.05) is 103 Å². The molecule has 2 amide bonds. The van der Waals surface area contributed by atoms with E-state index in [9.17, 15) is 14.7 Å². The fourth-order valence-electron chi connectivity index (χ4n) is 4.85. The maximum Gasteiger partial charge on any atom is 0.225 e. The number of likely N-dealkylation sites (N-methyl/N-ethyl adjacent to an activating group) is 1. The number of hydrogen-bond acceptors (Lipinski definition) is 3. The van der Waals surface area contributed by atoms with Gasteiger partial charge in [0, 0.05) is 25.9 Å². The summed E-state index contributed by atoms with van der Waals surface area (Å²) in [5.41, 5.74) is 2.95. The predicted octanol–water partition coefficient (Wildman–Crippen LogP) is 5.53. The van der Waals surface area contributed by atoms with Crippen LogP contribution in [0.5, 0.6) is 5.75 Å². The van der Waals surface area contributed by atoms with Gasteiger partial charge in [-0.3, -0.25) is 9.59 Å². The molecule has 0 aliphatic rings. The third-order valence-corrected chi connectivity index (χ3v) is 6.91. The van der Waals surface area contributed by atoms with Crippen molar-refractivity contribution in [1.82, 2.24) is 10.2 Å². The van der Waals surface area contributed by atoms with Crippen LogP contribution in [0.2, 0.25) is 0 Å². The second-order valence-corrected chi connectivity index (χ2v) is 9.68. The zero-order valence-corrected chi connectivity index (χ0v) is 21.9. The Labute approximate surface area is 224 Å². The first-order valence-electron chi connectivity index (χ1n) is 12.9. The summed E-state index contributed by atoms with van der Waals surface area (Å²) in [6, 6.07) is 36.8. The van der Waals surface area contributed by atoms with Gasteiger partial charge < -0.3 is 15.3 Å². The van der Waals surface area contributed by atoms with Gasteiger partial charge in [-0.2, -0.15) is 0 Å². The zero-order valence-electron chi connectivity index (χ0n) is 21.9. The number of nitrogens with zero attached hydrogens (tertiary/aromatic N) is 1. The molecule has 0 spiro atoms. The number of phenolic OH excluding ortho intramolecular Hbond substituents is 1. The quantitative estimate of drug-likeness (QED) is 0.278. The van der Waals surface area contributed by atoms with Crippen molar-refractivity contribution in [2.24, 2.45) is 5.92 Å². The highest BCUT2D eigenvalue weighted by Gasteiger charge is 2.38. The van der Waals surface area contributed by atoms with E-state index in [1.165, 1.54) is 0 Å². The van der Waals surface area contributed by atoms with Crippen molar-refractivity contribution in [3.63, 3.8) is 0 Å². The Balaban J connectivity index is 1.54. The SMILES string of the molecule is C[C@H](CC(=O)NC(c1ccccc1)(c1ccccc1)c1ccccc1)C(=O)N(C)CCc1ccc(O)cc1. The summed E-state index contributed by atoms with van der Waals surface area (Å²) in [7, 11) is 1.76. The maximum atomic E-state index is 13.6. The highest BCUT2D eigenvalue weighted by Crippen LogP contribution is 2.37. The molecule has 4 aromatic rings. The lowest BCUT2D eigenvalue weighted by Gasteiger charge is -2.37. The van der Waals surface area contributed by atoms with Crippen LogP contribution < -0.4 is 5.32 Å². The van der Waals surface area contributed by atoms with Gasteiger partial charge in [-0.25, -0.2) is 0 Å². The summed E-state index contributed by atoms with van der Waals surface area (Å²) in [4.78, 5) is 28.4. The molecule has 0 bridgehead atoms. The monoisotopic (exact) mass is 506 g/mol. The molecule has 38 heavy (non-hydrogen) atoms. The highest BCUT2D eigenvalue weighted by molar-refractivity contribution is 5.86. The number of rotatable bonds is 10. The second-order valence-electron chi connectivity index (χ2n) is 9.68. The summed E-state index contributed by atoms with van der Waals surface area (Å²) in [5, 5.41) is 12.8. The number of carbonyl (C=O) groups is 2. The smallest absolute Gasteiger partial charge is 0.225 e. The summed E-state index contributed by atoms with van der Waals surface area (Å²) in [6.45, 7) is 2.33. The maximum absolute atomic E-state index is 13.6. The molecule has 0 heterocycles. The Hall–Kier alpha value is -4.38. The van der Waals surface area contributed by atoms with Crippen LogP contribution in [-0.2, 0) is 21.5 Å². The van der Waals surface area contributed by atoms with Crippen LogP contribution in [0.3, 0.4) is 0 Å². The van der Waals surface area contributed by atoms with Crippen LogP contribution in [0.15, 0.2) is 115 Å². The molecule has 5 nitrogen and oxygen atoms in total. The van der Waals surface area contributed by atoms with E-state index in [0.717, 1.165) is 22.3 Å². The molecule has 4 rings (SSSR count). The lowest BCUT2D eigenvalue weighted by atomic mass is 9.76. The molecule has 0 saturated carbocycles. The van der Waals surface area contributed by atoms with Crippen molar-refractivity contribution < 1.29 is 14.7 Å². The van der Waals surface area contributed by atoms with Crippen LogP contribution in [0, 0.1) is 5.92 Å². The van der Waals surface area contributed by atoms with Crippen LogP contribution in [0.4, 0.5) is 0 Å². The average Bonchev–Trinajstić information content (AvgIpc) is 2.96. The lowest BCUT2D eigenvalue weighted by Crippen LogP contribution is -2.48. The Morgan fingerprint density at radius 3 is 1.66 bits per heavy atom. The third kappa shape index (κ3) is 6.12. The van der Waals surface area contributed by atoms with Gasteiger partial charge in [-0.1, -0.05) is 110 Å². The summed E-state index contributed by atoms with van der Waals surface area (Å²) < 4.78 is 0. The van der Waals surface area contributed by atoms with Gasteiger partial charge in [0.2, 0.25) is 11.8 Å². The first-order chi connectivity index (χ1) is 18.4. The fourth-order valence-corrected chi connectivity index (χ4v) is 4.85. The molecule has 0 aliphatic heterocycles. The molecule has 0 aliphatic carbocycles. The van der Waals surface area contributed by atoms with Crippen molar-refractivity contribution in [2.45, 2.75) is 25.3 Å². The molecular formula is C33H34N2O3. The van der Waals surface area contributed by atoms with Gasteiger partial charge in [0.15, 0.2) is 0 Å². The standard InChI is InChI=1S/C33H34N2O3/c1-25(32(38)35(2)23-22-26-18-20-30(36)21-19-26)24-31(37)34-33(27-12-6-3-7-13-27,28-14-8-4-9-15-28)29-16-10-5-11-17-29/h3-21,25,36H,22-24H2,1-2H3,(H,34,37)/t25-/m1/s1. The number of carbonyl (C=O) groups excluding carboxylic acids is 2. The van der Waals surface area contributed by atoms with Crippen molar-refractivity contribution in [3.05, 3.63) is 138 Å². The van der Waals surface area contributed by atoms with Gasteiger partial charge in [-0.05, 0) is 40.8 Å². The Kier molecular flexibility index (Phi) is 8.59. The van der Waals surface area contributed by atoms with Crippen molar-refractivity contribution in [1.29, 1.82) is 0 Å². The van der Waals surface area contributed by atoms with E-state index in [1.54, 1.807) is 31.0 Å². The minimum atomic E-state index is -0.908. The molecule has 4 aromatic carbocycles. The van der Waals surface area contributed by atoms with Crippen LogP contribution in [0.1, 0.15) is 35.6 Å². The van der Waals surface area contributed by atoms with Crippen molar-refractivity contribution in [2.75, 3.05) is 13.6 Å². The number of aromatic hydroxyl groups is 1. The number of amides is 2. The summed E-state index contributed by atoms with van der Waals surface area (Å²) >= 11 is 0. The van der Waals surface area contributed by atoms with Gasteiger partial charge >= 0.3 is 0 Å². The van der Waals surface area contributed by atoms with E-state index in [0.29, 0.717) is 13.0 Å². The molecule has 2 N–H and O–H groups in total. The summed E-state index contributed by atoms with van der Waals surface area (Å²) in [6.07, 6.45) is 0.733. The minimum absolute atomic E-state index is 0.0661. The molecule has 0 unspecified atom stereocenters. The third-order valence-electron chi connectivity index (χ3n) is 6.91. The largest absolute Gasteiger partial charge is 0.508 e. The molecule has 0 aromatic heterocycles. The Bertz CT molecular complexity index is 1230. The number of phenols is 1. The average molecular weight is 507 g/mol. The van der Waals surface area contributed by atoms with Crippen LogP contribution >= 0.6 is 0 Å². The van der Waals surface area contributed by atoms with E-state index in [2.05, 4.69) is 5.32 Å². The number of benzene rings is 4. The van der Waals surface area contributed by atoms with Gasteiger partial charge in [0.05, 0.1) is 0 Å². The van der Waals surface area contributed by atoms with Crippen molar-refractivity contribution >= 4 is 11.8 Å². The lowest BCUT2D eigenvalue weighted by molar-refractivity contribution is -0.136. The normalized spacial score (nSPS) is 11.9. The van der Waals surface area contributed by atoms with Gasteiger partial charge in [0.1, 0.15) is 11.3 Å². The molecular weight excluding hydrogens is 472 g/mol. The molecule has 5 heteroatoms. The second kappa shape index (κ2) is 12.2. The zero-order chi connectivity index (χ0) is 27.0. The Morgan fingerprint density at radius 1 is 0.763 bits per heavy atom. The van der Waals surface area contributed by atoms with Crippen LogP contribution in [0.25, 0.3) is 0 Å². The molecule has 194 valence electrons. The predicted molar refractivity (Wildman–Crippen MR) is 151 cm³/mol.